The van der Waals surface area contributed by atoms with E-state index in [0.29, 0.717) is 17.4 Å². The van der Waals surface area contributed by atoms with Crippen LogP contribution in [0.4, 0.5) is 11.4 Å². The van der Waals surface area contributed by atoms with Gasteiger partial charge in [-0.3, -0.25) is 10.1 Å². The lowest BCUT2D eigenvalue weighted by Gasteiger charge is -2.24. The number of halogens is 1. The Kier molecular flexibility index (Phi) is 7.08. The fraction of sp³-hybridized carbons (Fsp3) is 0.250. The highest BCUT2D eigenvalue weighted by Crippen LogP contribution is 2.31. The average Bonchev–Trinajstić information content (AvgIpc) is 2.74. The molecule has 0 bridgehead atoms. The Morgan fingerprint density at radius 3 is 1.97 bits per heavy atom. The summed E-state index contributed by atoms with van der Waals surface area (Å²) in [6.07, 6.45) is -0.262. The van der Waals surface area contributed by atoms with Crippen LogP contribution in [-0.2, 0) is 0 Å². The lowest BCUT2D eigenvalue weighted by molar-refractivity contribution is -0.384. The molecule has 0 aromatic heterocycles. The molecule has 3 rings (SSSR count). The number of anilines is 1. The molecule has 0 aliphatic rings. The van der Waals surface area contributed by atoms with Gasteiger partial charge in [-0.2, -0.15) is 0 Å². The number of benzene rings is 3. The zero-order valence-electron chi connectivity index (χ0n) is 17.0. The number of nitro groups is 1. The van der Waals surface area contributed by atoms with Crippen LogP contribution in [0.15, 0.2) is 72.8 Å². The van der Waals surface area contributed by atoms with Gasteiger partial charge in [-0.1, -0.05) is 61.8 Å². The van der Waals surface area contributed by atoms with Crippen LogP contribution in [0.5, 0.6) is 0 Å². The van der Waals surface area contributed by atoms with Crippen molar-refractivity contribution >= 4 is 23.0 Å². The number of nitro benzene ring substituents is 1. The average molecular weight is 425 g/mol. The van der Waals surface area contributed by atoms with Crippen molar-refractivity contribution in [2.45, 2.75) is 38.3 Å². The van der Waals surface area contributed by atoms with E-state index in [2.05, 4.69) is 43.4 Å². The summed E-state index contributed by atoms with van der Waals surface area (Å²) in [7, 11) is 0. The number of rotatable bonds is 8. The van der Waals surface area contributed by atoms with Crippen molar-refractivity contribution in [2.24, 2.45) is 0 Å². The molecule has 0 fully saturated rings. The van der Waals surface area contributed by atoms with Gasteiger partial charge in [0.1, 0.15) is 0 Å². The number of hydrogen-bond donors (Lipinski definition) is 2. The van der Waals surface area contributed by atoms with E-state index in [1.165, 1.54) is 17.7 Å². The molecule has 0 saturated heterocycles. The van der Waals surface area contributed by atoms with E-state index in [1.54, 1.807) is 24.3 Å². The van der Waals surface area contributed by atoms with Crippen molar-refractivity contribution in [3.05, 3.63) is 105 Å². The van der Waals surface area contributed by atoms with E-state index in [0.717, 1.165) is 16.8 Å². The third-order valence-electron chi connectivity index (χ3n) is 5.14. The lowest BCUT2D eigenvalue weighted by atomic mass is 9.94. The highest BCUT2D eigenvalue weighted by Gasteiger charge is 2.19. The van der Waals surface area contributed by atoms with Gasteiger partial charge in [-0.25, -0.2) is 0 Å². The minimum absolute atomic E-state index is 0.0413. The second-order valence-electron chi connectivity index (χ2n) is 7.63. The largest absolute Gasteiger partial charge is 0.388 e. The Labute approximate surface area is 181 Å². The van der Waals surface area contributed by atoms with Crippen LogP contribution in [-0.4, -0.2) is 10.0 Å². The van der Waals surface area contributed by atoms with Gasteiger partial charge >= 0.3 is 0 Å². The zero-order valence-corrected chi connectivity index (χ0v) is 17.7. The standard InChI is InChI=1S/C24H25ClN2O3/c1-16(2)17-3-5-18(6-4-17)23(15-24(28)19-7-9-20(25)10-8-19)26-21-11-13-22(14-12-21)27(29)30/h3-14,16,23-24,26,28H,15H2,1-2H3. The van der Waals surface area contributed by atoms with E-state index in [-0.39, 0.29) is 11.7 Å². The van der Waals surface area contributed by atoms with Gasteiger partial charge in [0.15, 0.2) is 0 Å². The van der Waals surface area contributed by atoms with E-state index in [9.17, 15) is 15.2 Å². The first-order valence-corrected chi connectivity index (χ1v) is 10.3. The summed E-state index contributed by atoms with van der Waals surface area (Å²) in [6, 6.07) is 21.6. The number of nitrogens with zero attached hydrogens (tertiary/aromatic N) is 1. The molecule has 0 aliphatic heterocycles. The van der Waals surface area contributed by atoms with Crippen LogP contribution < -0.4 is 5.32 Å². The number of non-ortho nitro benzene ring substituents is 1. The minimum atomic E-state index is -0.692. The Hall–Kier alpha value is -2.89. The highest BCUT2D eigenvalue weighted by molar-refractivity contribution is 6.30. The molecule has 3 aromatic carbocycles. The molecule has 2 atom stereocenters. The summed E-state index contributed by atoms with van der Waals surface area (Å²) in [5.41, 5.74) is 3.85. The van der Waals surface area contributed by atoms with E-state index in [1.807, 2.05) is 12.1 Å². The van der Waals surface area contributed by atoms with Gasteiger partial charge < -0.3 is 10.4 Å². The molecular formula is C24H25ClN2O3. The van der Waals surface area contributed by atoms with Crippen molar-refractivity contribution in [3.8, 4) is 0 Å². The zero-order chi connectivity index (χ0) is 21.7. The van der Waals surface area contributed by atoms with Crippen LogP contribution in [0, 0.1) is 10.1 Å². The lowest BCUT2D eigenvalue weighted by Crippen LogP contribution is -2.15. The maximum atomic E-state index is 10.9. The Bertz CT molecular complexity index is 971. The molecule has 0 aliphatic carbocycles. The Balaban J connectivity index is 1.85. The molecule has 0 radical (unpaired) electrons. The number of aliphatic hydroxyl groups is 1. The van der Waals surface area contributed by atoms with Gasteiger partial charge in [0.2, 0.25) is 0 Å². The van der Waals surface area contributed by atoms with E-state index >= 15 is 0 Å². The first-order chi connectivity index (χ1) is 14.3. The molecule has 0 saturated carbocycles. The second-order valence-corrected chi connectivity index (χ2v) is 8.06. The molecule has 0 heterocycles. The smallest absolute Gasteiger partial charge is 0.269 e. The third-order valence-corrected chi connectivity index (χ3v) is 5.39. The van der Waals surface area contributed by atoms with Gasteiger partial charge in [-0.05, 0) is 46.9 Å². The highest BCUT2D eigenvalue weighted by atomic mass is 35.5. The second kappa shape index (κ2) is 9.74. The van der Waals surface area contributed by atoms with E-state index < -0.39 is 11.0 Å². The van der Waals surface area contributed by atoms with E-state index in [4.69, 9.17) is 11.6 Å². The molecule has 30 heavy (non-hydrogen) atoms. The molecule has 2 unspecified atom stereocenters. The summed E-state index contributed by atoms with van der Waals surface area (Å²) in [5.74, 6) is 0.430. The number of aliphatic hydroxyl groups excluding tert-OH is 1. The predicted molar refractivity (Wildman–Crippen MR) is 121 cm³/mol. The molecule has 3 aromatic rings. The van der Waals surface area contributed by atoms with Crippen LogP contribution >= 0.6 is 11.6 Å². The summed E-state index contributed by atoms with van der Waals surface area (Å²) in [5, 5.41) is 25.8. The predicted octanol–water partition coefficient (Wildman–Crippen LogP) is 6.65. The van der Waals surface area contributed by atoms with Crippen molar-refractivity contribution in [1.29, 1.82) is 0 Å². The first kappa shape index (κ1) is 21.8. The fourth-order valence-corrected chi connectivity index (χ4v) is 3.44. The van der Waals surface area contributed by atoms with Crippen molar-refractivity contribution in [3.63, 3.8) is 0 Å². The van der Waals surface area contributed by atoms with Crippen LogP contribution in [0.25, 0.3) is 0 Å². The Morgan fingerprint density at radius 2 is 1.43 bits per heavy atom. The van der Waals surface area contributed by atoms with Crippen LogP contribution in [0.1, 0.15) is 55.0 Å². The molecule has 156 valence electrons. The van der Waals surface area contributed by atoms with Crippen molar-refractivity contribution in [1.82, 2.24) is 0 Å². The summed E-state index contributed by atoms with van der Waals surface area (Å²) < 4.78 is 0. The first-order valence-electron chi connectivity index (χ1n) is 9.88. The third kappa shape index (κ3) is 5.59. The van der Waals surface area contributed by atoms with Crippen molar-refractivity contribution in [2.75, 3.05) is 5.32 Å². The monoisotopic (exact) mass is 424 g/mol. The van der Waals surface area contributed by atoms with Gasteiger partial charge in [-0.15, -0.1) is 0 Å². The normalized spacial score (nSPS) is 13.1. The van der Waals surface area contributed by atoms with Gasteiger partial charge in [0, 0.05) is 29.3 Å². The molecule has 0 spiro atoms. The maximum Gasteiger partial charge on any atom is 0.269 e. The summed E-state index contributed by atoms with van der Waals surface area (Å²) in [6.45, 7) is 4.29. The molecule has 2 N–H and O–H groups in total. The van der Waals surface area contributed by atoms with Crippen LogP contribution in [0.2, 0.25) is 5.02 Å². The summed E-state index contributed by atoms with van der Waals surface area (Å²) >= 11 is 5.96. The molecular weight excluding hydrogens is 400 g/mol. The fourth-order valence-electron chi connectivity index (χ4n) is 3.32. The molecule has 6 heteroatoms. The topological polar surface area (TPSA) is 75.4 Å². The van der Waals surface area contributed by atoms with Gasteiger partial charge in [0.05, 0.1) is 17.1 Å². The van der Waals surface area contributed by atoms with Crippen molar-refractivity contribution < 1.29 is 10.0 Å². The SMILES string of the molecule is CC(C)c1ccc(C(CC(O)c2ccc(Cl)cc2)Nc2ccc([N+](=O)[O-])cc2)cc1. The molecule has 0 amide bonds. The quantitative estimate of drug-likeness (QED) is 0.313. The maximum absolute atomic E-state index is 10.9. The number of nitrogens with one attached hydrogen (secondary N) is 1. The van der Waals surface area contributed by atoms with Crippen LogP contribution in [0.3, 0.4) is 0 Å². The Morgan fingerprint density at radius 1 is 0.900 bits per heavy atom. The molecule has 5 nitrogen and oxygen atoms in total. The number of hydrogen-bond acceptors (Lipinski definition) is 4. The summed E-state index contributed by atoms with van der Waals surface area (Å²) in [4.78, 5) is 10.5. The van der Waals surface area contributed by atoms with Gasteiger partial charge in [0.25, 0.3) is 5.69 Å². The minimum Gasteiger partial charge on any atom is -0.388 e.